The van der Waals surface area contributed by atoms with Crippen LogP contribution in [0.5, 0.6) is 5.75 Å². The molecule has 0 spiro atoms. The molecule has 0 fully saturated rings. The molecule has 1 aromatic carbocycles. The van der Waals surface area contributed by atoms with Crippen LogP contribution in [-0.2, 0) is 0 Å². The Morgan fingerprint density at radius 2 is 2.27 bits per heavy atom. The summed E-state index contributed by atoms with van der Waals surface area (Å²) < 4.78 is 5.20. The quantitative estimate of drug-likeness (QED) is 0.889. The highest BCUT2D eigenvalue weighted by molar-refractivity contribution is 6.36. The van der Waals surface area contributed by atoms with E-state index in [1.165, 1.54) is 17.7 Å². The van der Waals surface area contributed by atoms with Crippen LogP contribution >= 0.6 is 23.2 Å². The average Bonchev–Trinajstić information content (AvgIpc) is 2.26. The Hall–Kier alpha value is -1.19. The fraction of sp³-hybridized carbons (Fsp3) is 0.100. The molecule has 0 bridgehead atoms. The van der Waals surface area contributed by atoms with Crippen molar-refractivity contribution in [3.05, 3.63) is 40.4 Å². The summed E-state index contributed by atoms with van der Waals surface area (Å²) in [6.45, 7) is 0.119. The molecule has 0 unspecified atom stereocenters. The van der Waals surface area contributed by atoms with Gasteiger partial charge in [0.25, 0.3) is 0 Å². The van der Waals surface area contributed by atoms with E-state index in [1.54, 1.807) is 12.1 Å². The lowest BCUT2D eigenvalue weighted by Gasteiger charge is -2.05. The summed E-state index contributed by atoms with van der Waals surface area (Å²) >= 11 is 10.9. The molecule has 0 heterocycles. The molecule has 0 aliphatic carbocycles. The Kier molecular flexibility index (Phi) is 4.46. The Morgan fingerprint density at radius 3 is 2.87 bits per heavy atom. The van der Waals surface area contributed by atoms with Crippen LogP contribution in [0.3, 0.4) is 0 Å². The van der Waals surface area contributed by atoms with Gasteiger partial charge in [0.05, 0.1) is 10.6 Å². The van der Waals surface area contributed by atoms with Crippen LogP contribution in [0.25, 0.3) is 0 Å². The highest BCUT2D eigenvalue weighted by atomic mass is 35.5. The van der Waals surface area contributed by atoms with Crippen molar-refractivity contribution in [2.75, 3.05) is 6.61 Å². The van der Waals surface area contributed by atoms with E-state index in [2.05, 4.69) is 0 Å². The standard InChI is InChI=1S/C10H8Cl2O3/c11-5-8(12)6-15-9-3-1-2-7(4-9)10(13)14/h1-5H,6H2,(H,13,14). The molecule has 0 aliphatic rings. The van der Waals surface area contributed by atoms with Gasteiger partial charge in [-0.05, 0) is 18.2 Å². The molecule has 1 N–H and O–H groups in total. The fourth-order valence-electron chi connectivity index (χ4n) is 0.903. The molecule has 1 aromatic rings. The molecule has 5 heteroatoms. The summed E-state index contributed by atoms with van der Waals surface area (Å²) in [4.78, 5) is 10.6. The van der Waals surface area contributed by atoms with E-state index in [1.807, 2.05) is 0 Å². The van der Waals surface area contributed by atoms with Gasteiger partial charge in [-0.15, -0.1) is 0 Å². The van der Waals surface area contributed by atoms with Gasteiger partial charge in [-0.2, -0.15) is 0 Å². The van der Waals surface area contributed by atoms with E-state index in [-0.39, 0.29) is 12.2 Å². The van der Waals surface area contributed by atoms with E-state index in [4.69, 9.17) is 33.0 Å². The van der Waals surface area contributed by atoms with Crippen molar-refractivity contribution in [2.45, 2.75) is 0 Å². The second kappa shape index (κ2) is 5.63. The van der Waals surface area contributed by atoms with Crippen molar-refractivity contribution in [1.29, 1.82) is 0 Å². The van der Waals surface area contributed by atoms with Crippen LogP contribution in [-0.4, -0.2) is 17.7 Å². The maximum atomic E-state index is 10.6. The van der Waals surface area contributed by atoms with Gasteiger partial charge in [0.15, 0.2) is 0 Å². The van der Waals surface area contributed by atoms with Gasteiger partial charge >= 0.3 is 5.97 Å². The van der Waals surface area contributed by atoms with E-state index in [0.717, 1.165) is 0 Å². The van der Waals surface area contributed by atoms with Crippen LogP contribution in [0, 0.1) is 0 Å². The summed E-state index contributed by atoms with van der Waals surface area (Å²) in [6, 6.07) is 6.14. The number of hydrogen-bond acceptors (Lipinski definition) is 2. The summed E-state index contributed by atoms with van der Waals surface area (Å²) in [5.41, 5.74) is 1.36. The normalized spacial score (nSPS) is 11.2. The molecule has 0 saturated carbocycles. The van der Waals surface area contributed by atoms with E-state index < -0.39 is 5.97 Å². The minimum Gasteiger partial charge on any atom is -0.488 e. The number of rotatable bonds is 4. The van der Waals surface area contributed by atoms with Gasteiger partial charge < -0.3 is 9.84 Å². The third-order valence-electron chi connectivity index (χ3n) is 1.58. The average molecular weight is 247 g/mol. The van der Waals surface area contributed by atoms with Gasteiger partial charge in [0.2, 0.25) is 0 Å². The monoisotopic (exact) mass is 246 g/mol. The molecule has 0 radical (unpaired) electrons. The lowest BCUT2D eigenvalue weighted by Crippen LogP contribution is -2.00. The second-order valence-corrected chi connectivity index (χ2v) is 3.38. The van der Waals surface area contributed by atoms with Crippen LogP contribution in [0.1, 0.15) is 10.4 Å². The lowest BCUT2D eigenvalue weighted by atomic mass is 10.2. The number of ether oxygens (including phenoxy) is 1. The maximum absolute atomic E-state index is 10.6. The first-order valence-electron chi connectivity index (χ1n) is 4.04. The van der Waals surface area contributed by atoms with Gasteiger partial charge in [0.1, 0.15) is 12.4 Å². The smallest absolute Gasteiger partial charge is 0.335 e. The zero-order valence-corrected chi connectivity index (χ0v) is 9.13. The topological polar surface area (TPSA) is 46.5 Å². The van der Waals surface area contributed by atoms with E-state index >= 15 is 0 Å². The number of carboxylic acids is 1. The highest BCUT2D eigenvalue weighted by Crippen LogP contribution is 2.15. The predicted molar refractivity (Wildman–Crippen MR) is 58.7 cm³/mol. The first kappa shape index (κ1) is 11.9. The Morgan fingerprint density at radius 1 is 1.53 bits per heavy atom. The SMILES string of the molecule is O=C(O)c1cccc(OCC(Cl)=CCl)c1. The van der Waals surface area contributed by atoms with Gasteiger partial charge in [-0.1, -0.05) is 29.3 Å². The van der Waals surface area contributed by atoms with Crippen LogP contribution in [0.15, 0.2) is 34.8 Å². The van der Waals surface area contributed by atoms with Crippen molar-refractivity contribution < 1.29 is 14.6 Å². The molecule has 80 valence electrons. The number of benzene rings is 1. The zero-order valence-electron chi connectivity index (χ0n) is 7.61. The molecular weight excluding hydrogens is 239 g/mol. The summed E-state index contributed by atoms with van der Waals surface area (Å²) in [6.07, 6.45) is 0. The minimum atomic E-state index is -1.00. The Labute approximate surface area is 96.9 Å². The summed E-state index contributed by atoms with van der Waals surface area (Å²) in [7, 11) is 0. The molecule has 0 aliphatic heterocycles. The second-order valence-electron chi connectivity index (χ2n) is 2.68. The number of carbonyl (C=O) groups is 1. The molecule has 0 aromatic heterocycles. The Bertz CT molecular complexity index is 388. The minimum absolute atomic E-state index is 0.119. The van der Waals surface area contributed by atoms with Crippen LogP contribution in [0.4, 0.5) is 0 Å². The van der Waals surface area contributed by atoms with Crippen LogP contribution < -0.4 is 4.74 Å². The van der Waals surface area contributed by atoms with Crippen molar-refractivity contribution >= 4 is 29.2 Å². The first-order valence-corrected chi connectivity index (χ1v) is 4.86. The molecule has 0 saturated heterocycles. The van der Waals surface area contributed by atoms with Crippen molar-refractivity contribution in [3.63, 3.8) is 0 Å². The number of carboxylic acid groups (broad SMARTS) is 1. The number of hydrogen-bond donors (Lipinski definition) is 1. The van der Waals surface area contributed by atoms with Crippen molar-refractivity contribution in [3.8, 4) is 5.75 Å². The summed E-state index contributed by atoms with van der Waals surface area (Å²) in [5, 5.41) is 9.06. The highest BCUT2D eigenvalue weighted by Gasteiger charge is 2.03. The van der Waals surface area contributed by atoms with Gasteiger partial charge in [-0.3, -0.25) is 0 Å². The van der Waals surface area contributed by atoms with E-state index in [0.29, 0.717) is 10.8 Å². The molecule has 3 nitrogen and oxygen atoms in total. The van der Waals surface area contributed by atoms with Gasteiger partial charge in [0, 0.05) is 5.54 Å². The summed E-state index contributed by atoms with van der Waals surface area (Å²) in [5.74, 6) is -0.564. The van der Waals surface area contributed by atoms with Crippen molar-refractivity contribution in [2.24, 2.45) is 0 Å². The fourth-order valence-corrected chi connectivity index (χ4v) is 1.02. The molecule has 0 amide bonds. The lowest BCUT2D eigenvalue weighted by molar-refractivity contribution is 0.0696. The molecule has 15 heavy (non-hydrogen) atoms. The largest absolute Gasteiger partial charge is 0.488 e. The predicted octanol–water partition coefficient (Wildman–Crippen LogP) is 3.08. The Balaban J connectivity index is 2.70. The third kappa shape index (κ3) is 3.81. The first-order chi connectivity index (χ1) is 7.13. The zero-order chi connectivity index (χ0) is 11.3. The van der Waals surface area contributed by atoms with Gasteiger partial charge in [-0.25, -0.2) is 4.79 Å². The van der Waals surface area contributed by atoms with E-state index in [9.17, 15) is 4.79 Å². The molecular formula is C10H8Cl2O3. The number of halogens is 2. The molecule has 1 rings (SSSR count). The molecule has 0 atom stereocenters. The third-order valence-corrected chi connectivity index (χ3v) is 2.17. The van der Waals surface area contributed by atoms with Crippen molar-refractivity contribution in [1.82, 2.24) is 0 Å². The number of aromatic carboxylic acids is 1. The van der Waals surface area contributed by atoms with Crippen LogP contribution in [0.2, 0.25) is 0 Å². The maximum Gasteiger partial charge on any atom is 0.335 e.